The zero-order chi connectivity index (χ0) is 13.4. The van der Waals surface area contributed by atoms with Crippen molar-refractivity contribution in [2.24, 2.45) is 0 Å². The lowest BCUT2D eigenvalue weighted by Crippen LogP contribution is -2.00. The minimum atomic E-state index is -0.520. The van der Waals surface area contributed by atoms with Crippen LogP contribution in [0.4, 0.5) is 0 Å². The van der Waals surface area contributed by atoms with E-state index in [-0.39, 0.29) is 5.78 Å². The van der Waals surface area contributed by atoms with Gasteiger partial charge in [-0.1, -0.05) is 0 Å². The molecule has 0 unspecified atom stereocenters. The molecule has 5 heteroatoms. The number of oxazole rings is 1. The van der Waals surface area contributed by atoms with Crippen molar-refractivity contribution < 1.29 is 9.21 Å². The maximum Gasteiger partial charge on any atom is 0.417 e. The predicted molar refractivity (Wildman–Crippen MR) is 79.4 cm³/mol. The monoisotopic (exact) mass is 365 g/mol. The summed E-state index contributed by atoms with van der Waals surface area (Å²) >= 11 is 2.18. The molecule has 0 radical (unpaired) electrons. The number of benzene rings is 2. The minimum absolute atomic E-state index is 0.0952. The van der Waals surface area contributed by atoms with Gasteiger partial charge in [0.1, 0.15) is 0 Å². The van der Waals surface area contributed by atoms with Crippen LogP contribution in [-0.2, 0) is 0 Å². The van der Waals surface area contributed by atoms with Crippen molar-refractivity contribution in [3.8, 4) is 0 Å². The minimum Gasteiger partial charge on any atom is -0.408 e. The van der Waals surface area contributed by atoms with E-state index in [1.807, 2.05) is 12.1 Å². The van der Waals surface area contributed by atoms with Gasteiger partial charge in [-0.2, -0.15) is 0 Å². The molecule has 1 heterocycles. The number of hydrogen-bond acceptors (Lipinski definition) is 3. The van der Waals surface area contributed by atoms with Crippen LogP contribution in [0.25, 0.3) is 11.1 Å². The molecule has 0 aliphatic rings. The zero-order valence-corrected chi connectivity index (χ0v) is 11.8. The molecule has 1 N–H and O–H groups in total. The van der Waals surface area contributed by atoms with Crippen molar-refractivity contribution >= 4 is 39.5 Å². The summed E-state index contributed by atoms with van der Waals surface area (Å²) in [5, 5.41) is 0. The van der Waals surface area contributed by atoms with Crippen LogP contribution in [-0.4, -0.2) is 10.8 Å². The van der Waals surface area contributed by atoms with Gasteiger partial charge in [0.25, 0.3) is 0 Å². The van der Waals surface area contributed by atoms with Gasteiger partial charge in [0, 0.05) is 14.7 Å². The van der Waals surface area contributed by atoms with Crippen molar-refractivity contribution in [3.63, 3.8) is 0 Å². The Morgan fingerprint density at radius 3 is 2.47 bits per heavy atom. The molecule has 0 aliphatic heterocycles. The Morgan fingerprint density at radius 1 is 1.05 bits per heavy atom. The van der Waals surface area contributed by atoms with Gasteiger partial charge in [-0.25, -0.2) is 4.79 Å². The maximum atomic E-state index is 12.3. The first-order valence-electron chi connectivity index (χ1n) is 5.56. The van der Waals surface area contributed by atoms with Crippen molar-refractivity contribution in [3.05, 3.63) is 67.7 Å². The molecule has 0 fully saturated rings. The molecule has 19 heavy (non-hydrogen) atoms. The largest absolute Gasteiger partial charge is 0.417 e. The molecular formula is C14H8INO3. The fourth-order valence-corrected chi connectivity index (χ4v) is 2.21. The maximum absolute atomic E-state index is 12.3. The van der Waals surface area contributed by atoms with E-state index in [2.05, 4.69) is 27.6 Å². The summed E-state index contributed by atoms with van der Waals surface area (Å²) in [7, 11) is 0. The van der Waals surface area contributed by atoms with Crippen LogP contribution in [0.15, 0.2) is 51.7 Å². The van der Waals surface area contributed by atoms with Gasteiger partial charge in [0.15, 0.2) is 11.4 Å². The van der Waals surface area contributed by atoms with Gasteiger partial charge in [-0.3, -0.25) is 9.78 Å². The van der Waals surface area contributed by atoms with Crippen molar-refractivity contribution in [1.82, 2.24) is 4.98 Å². The Bertz CT molecular complexity index is 815. The summed E-state index contributed by atoms with van der Waals surface area (Å²) in [6.45, 7) is 0. The van der Waals surface area contributed by atoms with Gasteiger partial charge in [0.05, 0.1) is 5.52 Å². The quantitative estimate of drug-likeness (QED) is 0.561. The number of fused-ring (bicyclic) bond motifs is 1. The van der Waals surface area contributed by atoms with E-state index in [1.165, 1.54) is 0 Å². The number of rotatable bonds is 2. The molecule has 3 aromatic rings. The highest BCUT2D eigenvalue weighted by Gasteiger charge is 2.11. The van der Waals surface area contributed by atoms with Crippen LogP contribution in [0.5, 0.6) is 0 Å². The first-order valence-corrected chi connectivity index (χ1v) is 6.64. The van der Waals surface area contributed by atoms with Crippen molar-refractivity contribution in [1.29, 1.82) is 0 Å². The normalized spacial score (nSPS) is 10.8. The van der Waals surface area contributed by atoms with Gasteiger partial charge < -0.3 is 4.42 Å². The lowest BCUT2D eigenvalue weighted by atomic mass is 10.0. The second-order valence-corrected chi connectivity index (χ2v) is 5.31. The summed E-state index contributed by atoms with van der Waals surface area (Å²) in [6.07, 6.45) is 0. The summed E-state index contributed by atoms with van der Waals surface area (Å²) < 4.78 is 6.02. The number of aromatic nitrogens is 1. The van der Waals surface area contributed by atoms with Gasteiger partial charge in [0.2, 0.25) is 0 Å². The highest BCUT2D eigenvalue weighted by Crippen LogP contribution is 2.16. The van der Waals surface area contributed by atoms with Crippen LogP contribution in [0, 0.1) is 3.57 Å². The Morgan fingerprint density at radius 2 is 1.74 bits per heavy atom. The molecule has 0 amide bonds. The fraction of sp³-hybridized carbons (Fsp3) is 0. The number of halogens is 1. The van der Waals surface area contributed by atoms with E-state index in [0.29, 0.717) is 22.2 Å². The molecule has 2 aromatic carbocycles. The summed E-state index contributed by atoms with van der Waals surface area (Å²) in [6, 6.07) is 12.2. The van der Waals surface area contributed by atoms with Crippen LogP contribution < -0.4 is 5.76 Å². The lowest BCUT2D eigenvalue weighted by molar-refractivity contribution is 0.103. The van der Waals surface area contributed by atoms with Crippen LogP contribution in [0.3, 0.4) is 0 Å². The zero-order valence-electron chi connectivity index (χ0n) is 9.64. The molecule has 1 aromatic heterocycles. The van der Waals surface area contributed by atoms with E-state index in [1.54, 1.807) is 30.3 Å². The van der Waals surface area contributed by atoms with E-state index in [9.17, 15) is 9.59 Å². The second-order valence-electron chi connectivity index (χ2n) is 4.06. The average molecular weight is 365 g/mol. The molecular weight excluding hydrogens is 357 g/mol. The standard InChI is InChI=1S/C14H8INO3/c15-10-4-1-8(2-5-10)13(17)9-3-6-11-12(7-9)19-14(18)16-11/h1-7H,(H,16,18). The Hall–Kier alpha value is -1.89. The number of carbonyl (C=O) groups excluding carboxylic acids is 1. The Kier molecular flexibility index (Phi) is 2.98. The number of ketones is 1. The highest BCUT2D eigenvalue weighted by molar-refractivity contribution is 14.1. The molecule has 94 valence electrons. The smallest absolute Gasteiger partial charge is 0.408 e. The molecule has 0 aliphatic carbocycles. The summed E-state index contributed by atoms with van der Waals surface area (Å²) in [4.78, 5) is 25.9. The Balaban J connectivity index is 2.05. The van der Waals surface area contributed by atoms with Gasteiger partial charge in [-0.05, 0) is 65.1 Å². The molecule has 0 atom stereocenters. The van der Waals surface area contributed by atoms with E-state index >= 15 is 0 Å². The van der Waals surface area contributed by atoms with Crippen LogP contribution in [0.2, 0.25) is 0 Å². The van der Waals surface area contributed by atoms with Crippen LogP contribution in [0.1, 0.15) is 15.9 Å². The SMILES string of the molecule is O=C(c1ccc(I)cc1)c1ccc2[nH]c(=O)oc2c1. The number of H-pyrrole nitrogens is 1. The lowest BCUT2D eigenvalue weighted by Gasteiger charge is -2.01. The third-order valence-corrected chi connectivity index (χ3v) is 3.51. The second kappa shape index (κ2) is 4.65. The van der Waals surface area contributed by atoms with E-state index < -0.39 is 5.76 Å². The topological polar surface area (TPSA) is 63.1 Å². The first-order chi connectivity index (χ1) is 9.13. The number of hydrogen-bond donors (Lipinski definition) is 1. The van der Waals surface area contributed by atoms with Crippen LogP contribution >= 0.6 is 22.6 Å². The molecule has 3 rings (SSSR count). The highest BCUT2D eigenvalue weighted by atomic mass is 127. The first kappa shape index (κ1) is 12.2. The third kappa shape index (κ3) is 2.33. The average Bonchev–Trinajstić information content (AvgIpc) is 2.77. The van der Waals surface area contributed by atoms with Crippen molar-refractivity contribution in [2.75, 3.05) is 0 Å². The third-order valence-electron chi connectivity index (χ3n) is 2.79. The van der Waals surface area contributed by atoms with Gasteiger partial charge in [-0.15, -0.1) is 0 Å². The number of aromatic amines is 1. The Labute approximate surface area is 121 Å². The number of carbonyl (C=O) groups is 1. The van der Waals surface area contributed by atoms with E-state index in [4.69, 9.17) is 4.42 Å². The molecule has 4 nitrogen and oxygen atoms in total. The summed E-state index contributed by atoms with van der Waals surface area (Å²) in [5.41, 5.74) is 2.08. The number of nitrogens with one attached hydrogen (secondary N) is 1. The van der Waals surface area contributed by atoms with E-state index in [0.717, 1.165) is 3.57 Å². The fourth-order valence-electron chi connectivity index (χ4n) is 1.85. The molecule has 0 spiro atoms. The molecule has 0 saturated heterocycles. The molecule has 0 saturated carbocycles. The summed E-state index contributed by atoms with van der Waals surface area (Å²) in [5.74, 6) is -0.615. The predicted octanol–water partition coefficient (Wildman–Crippen LogP) is 2.96. The van der Waals surface area contributed by atoms with Gasteiger partial charge >= 0.3 is 5.76 Å². The van der Waals surface area contributed by atoms with Crippen molar-refractivity contribution in [2.45, 2.75) is 0 Å². The molecule has 0 bridgehead atoms.